The van der Waals surface area contributed by atoms with Crippen molar-refractivity contribution in [2.45, 2.75) is 6.92 Å². The first-order chi connectivity index (χ1) is 6.77. The molecule has 0 atom stereocenters. The molecule has 0 unspecified atom stereocenters. The third-order valence-electron chi connectivity index (χ3n) is 1.64. The zero-order valence-electron chi connectivity index (χ0n) is 7.83. The van der Waals surface area contributed by atoms with Gasteiger partial charge in [0.15, 0.2) is 0 Å². The summed E-state index contributed by atoms with van der Waals surface area (Å²) in [6.07, 6.45) is 1.38. The van der Waals surface area contributed by atoms with E-state index in [-0.39, 0.29) is 5.82 Å². The maximum absolute atomic E-state index is 12.6. The smallest absolute Gasteiger partial charge is 0.123 e. The molecular weight excluding hydrogens is 181 g/mol. The summed E-state index contributed by atoms with van der Waals surface area (Å²) < 4.78 is 17.6. The van der Waals surface area contributed by atoms with Crippen LogP contribution in [0.2, 0.25) is 0 Å². The molecule has 1 aromatic carbocycles. The molecule has 0 amide bonds. The summed E-state index contributed by atoms with van der Waals surface area (Å²) in [6.45, 7) is 2.34. The Bertz CT molecular complexity index is 362. The van der Waals surface area contributed by atoms with Crippen LogP contribution in [0.5, 0.6) is 0 Å². The molecule has 0 aromatic heterocycles. The molecule has 0 saturated carbocycles. The minimum atomic E-state index is -0.317. The number of allylic oxidation sites excluding steroid dienone is 1. The van der Waals surface area contributed by atoms with Gasteiger partial charge in [0, 0.05) is 0 Å². The molecule has 3 heteroatoms. The van der Waals surface area contributed by atoms with Gasteiger partial charge in [-0.2, -0.15) is 5.26 Å². The van der Waals surface area contributed by atoms with Crippen LogP contribution in [0.4, 0.5) is 4.39 Å². The molecule has 0 fully saturated rings. The zero-order chi connectivity index (χ0) is 10.4. The molecule has 72 valence electrons. The number of nitriles is 1. The molecule has 0 heterocycles. The fourth-order valence-corrected chi connectivity index (χ4v) is 0.955. The molecule has 0 radical (unpaired) electrons. The van der Waals surface area contributed by atoms with Crippen molar-refractivity contribution in [3.8, 4) is 6.07 Å². The largest absolute Gasteiger partial charge is 0.500 e. The van der Waals surface area contributed by atoms with Crippen molar-refractivity contribution < 1.29 is 9.13 Å². The van der Waals surface area contributed by atoms with Crippen LogP contribution in [0, 0.1) is 17.1 Å². The second-order valence-electron chi connectivity index (χ2n) is 2.61. The van der Waals surface area contributed by atoms with E-state index in [0.29, 0.717) is 17.7 Å². The first-order valence-corrected chi connectivity index (χ1v) is 4.25. The minimum absolute atomic E-state index is 0.317. The fourth-order valence-electron chi connectivity index (χ4n) is 0.955. The van der Waals surface area contributed by atoms with Gasteiger partial charge in [-0.25, -0.2) is 4.39 Å². The summed E-state index contributed by atoms with van der Waals surface area (Å²) in [6, 6.07) is 7.70. The maximum atomic E-state index is 12.6. The van der Waals surface area contributed by atoms with Crippen LogP contribution in [-0.2, 0) is 4.74 Å². The quantitative estimate of drug-likeness (QED) is 0.543. The summed E-state index contributed by atoms with van der Waals surface area (Å²) in [5.74, 6) is -0.317. The van der Waals surface area contributed by atoms with E-state index >= 15 is 0 Å². The number of benzene rings is 1. The predicted octanol–water partition coefficient (Wildman–Crippen LogP) is 2.73. The van der Waals surface area contributed by atoms with Gasteiger partial charge in [0.25, 0.3) is 0 Å². The van der Waals surface area contributed by atoms with Gasteiger partial charge in [-0.15, -0.1) is 0 Å². The Hall–Kier alpha value is -1.82. The Balaban J connectivity index is 2.91. The predicted molar refractivity (Wildman–Crippen MR) is 51.6 cm³/mol. The van der Waals surface area contributed by atoms with E-state index in [1.165, 1.54) is 18.4 Å². The van der Waals surface area contributed by atoms with Crippen LogP contribution < -0.4 is 0 Å². The molecule has 14 heavy (non-hydrogen) atoms. The highest BCUT2D eigenvalue weighted by atomic mass is 19.1. The lowest BCUT2D eigenvalue weighted by molar-refractivity contribution is 0.271. The van der Waals surface area contributed by atoms with Crippen molar-refractivity contribution in [2.24, 2.45) is 0 Å². The summed E-state index contributed by atoms with van der Waals surface area (Å²) in [4.78, 5) is 0. The van der Waals surface area contributed by atoms with E-state index in [1.807, 2.05) is 13.0 Å². The van der Waals surface area contributed by atoms with Crippen LogP contribution in [0.1, 0.15) is 12.5 Å². The lowest BCUT2D eigenvalue weighted by atomic mass is 10.1. The first kappa shape index (κ1) is 10.3. The van der Waals surface area contributed by atoms with E-state index in [0.717, 1.165) is 0 Å². The normalized spacial score (nSPS) is 10.8. The Kier molecular flexibility index (Phi) is 3.69. The third kappa shape index (κ3) is 2.60. The standard InChI is InChI=1S/C11H10FNO/c1-2-14-8-10(7-13)9-3-5-11(12)6-4-9/h3-6,8H,2H2,1H3. The van der Waals surface area contributed by atoms with Crippen LogP contribution in [0.25, 0.3) is 5.57 Å². The summed E-state index contributed by atoms with van der Waals surface area (Å²) in [7, 11) is 0. The highest BCUT2D eigenvalue weighted by Crippen LogP contribution is 2.13. The lowest BCUT2D eigenvalue weighted by Gasteiger charge is -1.99. The highest BCUT2D eigenvalue weighted by Gasteiger charge is 2.00. The van der Waals surface area contributed by atoms with Crippen molar-refractivity contribution in [1.82, 2.24) is 0 Å². The number of nitrogens with zero attached hydrogens (tertiary/aromatic N) is 1. The summed E-state index contributed by atoms with van der Waals surface area (Å²) in [5.41, 5.74) is 1.05. The van der Waals surface area contributed by atoms with Gasteiger partial charge < -0.3 is 4.74 Å². The zero-order valence-corrected chi connectivity index (χ0v) is 7.83. The van der Waals surface area contributed by atoms with E-state index in [1.54, 1.807) is 12.1 Å². The number of halogens is 1. The van der Waals surface area contributed by atoms with Gasteiger partial charge >= 0.3 is 0 Å². The molecule has 0 aliphatic carbocycles. The van der Waals surface area contributed by atoms with Gasteiger partial charge in [0.05, 0.1) is 12.2 Å². The molecular formula is C11H10FNO. The molecule has 0 spiro atoms. The molecule has 1 aromatic rings. The van der Waals surface area contributed by atoms with Gasteiger partial charge in [0.2, 0.25) is 0 Å². The molecule has 0 N–H and O–H groups in total. The van der Waals surface area contributed by atoms with Crippen LogP contribution in [0.3, 0.4) is 0 Å². The number of rotatable bonds is 3. The Morgan fingerprint density at radius 2 is 2.14 bits per heavy atom. The highest BCUT2D eigenvalue weighted by molar-refractivity contribution is 5.75. The van der Waals surface area contributed by atoms with Crippen molar-refractivity contribution in [1.29, 1.82) is 5.26 Å². The van der Waals surface area contributed by atoms with Crippen LogP contribution in [0.15, 0.2) is 30.5 Å². The second kappa shape index (κ2) is 5.03. The molecule has 0 aliphatic heterocycles. The van der Waals surface area contributed by atoms with E-state index in [2.05, 4.69) is 0 Å². The van der Waals surface area contributed by atoms with E-state index < -0.39 is 0 Å². The maximum Gasteiger partial charge on any atom is 0.123 e. The van der Waals surface area contributed by atoms with Crippen molar-refractivity contribution in [3.05, 3.63) is 41.9 Å². The molecule has 0 aliphatic rings. The number of ether oxygens (including phenoxy) is 1. The third-order valence-corrected chi connectivity index (χ3v) is 1.64. The lowest BCUT2D eigenvalue weighted by Crippen LogP contribution is -1.85. The monoisotopic (exact) mass is 191 g/mol. The first-order valence-electron chi connectivity index (χ1n) is 4.25. The SMILES string of the molecule is CCOC=C(C#N)c1ccc(F)cc1. The van der Waals surface area contributed by atoms with E-state index in [4.69, 9.17) is 10.00 Å². The molecule has 0 bridgehead atoms. The van der Waals surface area contributed by atoms with E-state index in [9.17, 15) is 4.39 Å². The van der Waals surface area contributed by atoms with Crippen molar-refractivity contribution in [2.75, 3.05) is 6.61 Å². The Morgan fingerprint density at radius 3 is 2.64 bits per heavy atom. The number of hydrogen-bond acceptors (Lipinski definition) is 2. The Labute approximate surface area is 82.2 Å². The number of hydrogen-bond donors (Lipinski definition) is 0. The second-order valence-corrected chi connectivity index (χ2v) is 2.61. The molecule has 2 nitrogen and oxygen atoms in total. The fraction of sp³-hybridized carbons (Fsp3) is 0.182. The molecule has 0 saturated heterocycles. The van der Waals surface area contributed by atoms with Gasteiger partial charge in [-0.3, -0.25) is 0 Å². The Morgan fingerprint density at radius 1 is 1.50 bits per heavy atom. The topological polar surface area (TPSA) is 33.0 Å². The van der Waals surface area contributed by atoms with Gasteiger partial charge in [-0.1, -0.05) is 12.1 Å². The van der Waals surface area contributed by atoms with Crippen LogP contribution >= 0.6 is 0 Å². The van der Waals surface area contributed by atoms with Crippen molar-refractivity contribution in [3.63, 3.8) is 0 Å². The average molecular weight is 191 g/mol. The molecule has 1 rings (SSSR count). The summed E-state index contributed by atoms with van der Waals surface area (Å²) in [5, 5.41) is 8.78. The minimum Gasteiger partial charge on any atom is -0.500 e. The summed E-state index contributed by atoms with van der Waals surface area (Å²) >= 11 is 0. The van der Waals surface area contributed by atoms with Gasteiger partial charge in [-0.05, 0) is 24.6 Å². The van der Waals surface area contributed by atoms with Crippen molar-refractivity contribution >= 4 is 5.57 Å². The van der Waals surface area contributed by atoms with Crippen LogP contribution in [-0.4, -0.2) is 6.61 Å². The average Bonchev–Trinajstić information content (AvgIpc) is 2.21. The van der Waals surface area contributed by atoms with Gasteiger partial charge in [0.1, 0.15) is 18.1 Å².